The van der Waals surface area contributed by atoms with Gasteiger partial charge in [0.25, 0.3) is 0 Å². The Balaban J connectivity index is 0.984. The first-order valence-corrected chi connectivity index (χ1v) is 21.1. The third-order valence-corrected chi connectivity index (χ3v) is 13.4. The van der Waals surface area contributed by atoms with Crippen molar-refractivity contribution in [2.75, 3.05) is 0 Å². The number of hydrogen-bond acceptors (Lipinski definition) is 4. The summed E-state index contributed by atoms with van der Waals surface area (Å²) in [6.45, 7) is 9.24. The van der Waals surface area contributed by atoms with Crippen molar-refractivity contribution in [3.8, 4) is 78.7 Å². The van der Waals surface area contributed by atoms with E-state index in [0.29, 0.717) is 17.5 Å². The number of furan rings is 1. The zero-order chi connectivity index (χ0) is 41.0. The molecule has 0 saturated carbocycles. The van der Waals surface area contributed by atoms with Crippen molar-refractivity contribution < 1.29 is 4.42 Å². The number of nitrogens with zero attached hydrogens (tertiary/aromatic N) is 3. The van der Waals surface area contributed by atoms with Crippen LogP contribution in [0, 0.1) is 0 Å². The van der Waals surface area contributed by atoms with Crippen LogP contribution in [-0.4, -0.2) is 15.0 Å². The summed E-state index contributed by atoms with van der Waals surface area (Å²) < 4.78 is 6.77. The summed E-state index contributed by atoms with van der Waals surface area (Å²) in [6.07, 6.45) is 0. The molecule has 0 N–H and O–H groups in total. The molecule has 0 bridgehead atoms. The van der Waals surface area contributed by atoms with Crippen LogP contribution in [0.3, 0.4) is 0 Å². The molecule has 2 heterocycles. The standard InChI is InChI=1S/C57H41N3O/c1-56(2)47-22-10-8-16-41(47)43-30-28-37(32-49(43)56)54-58-53(59-55(60-54)38-29-31-44-42-17-9-11-23-48(42)57(3,4)50(44)33-38)36-26-24-35(25-27-36)40-19-13-21-46-45-20-12-18-39(51(45)61-52(40)46)34-14-6-5-7-15-34/h5-33H,1-4H3. The van der Waals surface area contributed by atoms with Gasteiger partial charge in [-0.05, 0) is 67.8 Å². The van der Waals surface area contributed by atoms with Gasteiger partial charge in [0, 0.05) is 49.4 Å². The van der Waals surface area contributed by atoms with Crippen LogP contribution in [0.1, 0.15) is 49.9 Å². The van der Waals surface area contributed by atoms with Crippen LogP contribution in [0.25, 0.3) is 101 Å². The highest BCUT2D eigenvalue weighted by Crippen LogP contribution is 2.51. The highest BCUT2D eigenvalue weighted by molar-refractivity contribution is 6.13. The first-order chi connectivity index (χ1) is 29.7. The molecule has 0 aliphatic heterocycles. The molecule has 0 atom stereocenters. The lowest BCUT2D eigenvalue weighted by Gasteiger charge is -2.22. The molecule has 0 radical (unpaired) electrons. The molecule has 0 amide bonds. The SMILES string of the molecule is CC1(C)c2ccccc2-c2ccc(-c3nc(-c4ccc(-c5cccc6c5oc5c(-c7ccccc7)cccc56)cc4)nc(-c4ccc5c(c4)C(C)(C)c4ccccc4-5)n3)cc21. The van der Waals surface area contributed by atoms with E-state index < -0.39 is 0 Å². The van der Waals surface area contributed by atoms with E-state index in [1.165, 1.54) is 44.5 Å². The second-order valence-electron chi connectivity index (χ2n) is 17.6. The Labute approximate surface area is 355 Å². The normalized spacial score (nSPS) is 14.2. The number of hydrogen-bond donors (Lipinski definition) is 0. The first kappa shape index (κ1) is 35.5. The number of benzene rings is 8. The fourth-order valence-electron chi connectivity index (χ4n) is 10.1. The van der Waals surface area contributed by atoms with Crippen LogP contribution in [-0.2, 0) is 10.8 Å². The van der Waals surface area contributed by atoms with Crippen LogP contribution >= 0.6 is 0 Å². The lowest BCUT2D eigenvalue weighted by atomic mass is 9.82. The topological polar surface area (TPSA) is 51.8 Å². The van der Waals surface area contributed by atoms with Gasteiger partial charge in [0.1, 0.15) is 11.2 Å². The van der Waals surface area contributed by atoms with Crippen molar-refractivity contribution in [3.05, 3.63) is 198 Å². The molecule has 0 saturated heterocycles. The van der Waals surface area contributed by atoms with Gasteiger partial charge in [-0.3, -0.25) is 0 Å². The highest BCUT2D eigenvalue weighted by atomic mass is 16.3. The van der Waals surface area contributed by atoms with Gasteiger partial charge in [0.15, 0.2) is 17.5 Å². The minimum absolute atomic E-state index is 0.150. The van der Waals surface area contributed by atoms with Gasteiger partial charge in [0.05, 0.1) is 0 Å². The quantitative estimate of drug-likeness (QED) is 0.174. The fourth-order valence-corrected chi connectivity index (χ4v) is 10.1. The van der Waals surface area contributed by atoms with Crippen LogP contribution < -0.4 is 0 Å². The van der Waals surface area contributed by atoms with Gasteiger partial charge in [-0.15, -0.1) is 0 Å². The van der Waals surface area contributed by atoms with Crippen molar-refractivity contribution in [3.63, 3.8) is 0 Å². The molecule has 2 aliphatic carbocycles. The Morgan fingerprint density at radius 1 is 0.311 bits per heavy atom. The molecular weight excluding hydrogens is 743 g/mol. The molecule has 0 spiro atoms. The molecule has 8 aromatic carbocycles. The van der Waals surface area contributed by atoms with Crippen molar-refractivity contribution in [1.29, 1.82) is 0 Å². The summed E-state index contributed by atoms with van der Waals surface area (Å²) in [4.78, 5) is 15.7. The summed E-state index contributed by atoms with van der Waals surface area (Å²) in [5, 5.41) is 2.21. The summed E-state index contributed by atoms with van der Waals surface area (Å²) in [5.41, 5.74) is 19.0. The van der Waals surface area contributed by atoms with Crippen LogP contribution in [0.5, 0.6) is 0 Å². The second kappa shape index (κ2) is 13.0. The monoisotopic (exact) mass is 783 g/mol. The molecule has 4 heteroatoms. The van der Waals surface area contributed by atoms with E-state index in [1.807, 2.05) is 6.07 Å². The molecule has 0 unspecified atom stereocenters. The van der Waals surface area contributed by atoms with Gasteiger partial charge >= 0.3 is 0 Å². The van der Waals surface area contributed by atoms with E-state index in [0.717, 1.165) is 60.9 Å². The van der Waals surface area contributed by atoms with Crippen molar-refractivity contribution >= 4 is 21.9 Å². The van der Waals surface area contributed by atoms with Gasteiger partial charge in [-0.25, -0.2) is 15.0 Å². The number of para-hydroxylation sites is 2. The van der Waals surface area contributed by atoms with Gasteiger partial charge in [-0.2, -0.15) is 0 Å². The number of aromatic nitrogens is 3. The van der Waals surface area contributed by atoms with E-state index in [1.54, 1.807) is 0 Å². The third-order valence-electron chi connectivity index (χ3n) is 13.4. The molecule has 4 nitrogen and oxygen atoms in total. The number of fused-ring (bicyclic) bond motifs is 9. The average molecular weight is 784 g/mol. The Kier molecular flexibility index (Phi) is 7.59. The van der Waals surface area contributed by atoms with Crippen molar-refractivity contribution in [2.45, 2.75) is 38.5 Å². The Hall–Kier alpha value is -7.43. The molecule has 290 valence electrons. The van der Waals surface area contributed by atoms with Crippen molar-refractivity contribution in [1.82, 2.24) is 15.0 Å². The first-order valence-electron chi connectivity index (χ1n) is 21.1. The molecule has 0 fully saturated rings. The van der Waals surface area contributed by atoms with Gasteiger partial charge < -0.3 is 4.42 Å². The predicted octanol–water partition coefficient (Wildman–Crippen LogP) is 14.7. The molecule has 12 rings (SSSR count). The van der Waals surface area contributed by atoms with E-state index in [4.69, 9.17) is 19.4 Å². The van der Waals surface area contributed by atoms with Crippen LogP contribution in [0.4, 0.5) is 0 Å². The maximum absolute atomic E-state index is 6.77. The highest BCUT2D eigenvalue weighted by Gasteiger charge is 2.37. The molecule has 10 aromatic rings. The molecule has 2 aromatic heterocycles. The second-order valence-corrected chi connectivity index (χ2v) is 17.6. The summed E-state index contributed by atoms with van der Waals surface area (Å²) >= 11 is 0. The lowest BCUT2D eigenvalue weighted by Crippen LogP contribution is -2.15. The zero-order valence-electron chi connectivity index (χ0n) is 34.5. The van der Waals surface area contributed by atoms with E-state index in [9.17, 15) is 0 Å². The maximum atomic E-state index is 6.77. The lowest BCUT2D eigenvalue weighted by molar-refractivity contribution is 0.660. The summed E-state index contributed by atoms with van der Waals surface area (Å²) in [6, 6.07) is 62.7. The minimum Gasteiger partial charge on any atom is -0.455 e. The van der Waals surface area contributed by atoms with E-state index in [-0.39, 0.29) is 10.8 Å². The average Bonchev–Trinajstić information content (AvgIpc) is 3.89. The Morgan fingerprint density at radius 2 is 0.689 bits per heavy atom. The Morgan fingerprint density at radius 3 is 1.20 bits per heavy atom. The van der Waals surface area contributed by atoms with E-state index in [2.05, 4.69) is 198 Å². The third kappa shape index (κ3) is 5.35. The van der Waals surface area contributed by atoms with Gasteiger partial charge in [-0.1, -0.05) is 191 Å². The zero-order valence-corrected chi connectivity index (χ0v) is 34.5. The summed E-state index contributed by atoms with van der Waals surface area (Å²) in [7, 11) is 0. The smallest absolute Gasteiger partial charge is 0.164 e. The summed E-state index contributed by atoms with van der Waals surface area (Å²) in [5.74, 6) is 1.94. The van der Waals surface area contributed by atoms with E-state index >= 15 is 0 Å². The van der Waals surface area contributed by atoms with Crippen LogP contribution in [0.15, 0.2) is 180 Å². The minimum atomic E-state index is -0.150. The molecule has 61 heavy (non-hydrogen) atoms. The van der Waals surface area contributed by atoms with Gasteiger partial charge in [0.2, 0.25) is 0 Å². The van der Waals surface area contributed by atoms with Crippen molar-refractivity contribution in [2.24, 2.45) is 0 Å². The predicted molar refractivity (Wildman–Crippen MR) is 249 cm³/mol. The maximum Gasteiger partial charge on any atom is 0.164 e. The molecule has 2 aliphatic rings. The largest absolute Gasteiger partial charge is 0.455 e. The fraction of sp³-hybridized carbons (Fsp3) is 0.105. The Bertz CT molecular complexity index is 3290. The van der Waals surface area contributed by atoms with Crippen LogP contribution in [0.2, 0.25) is 0 Å². The molecular formula is C57H41N3O. The number of rotatable bonds is 5.